The standard InChI is InChI=1S/C13H14BrNO3S/c1-2-4-10(13(17)18)15-12(16)6-3-5-9-7-8-11(14)19-9/h1,7-8,10H,3-6H2,(H,15,16)(H,17,18). The average molecular weight is 344 g/mol. The number of amides is 1. The molecule has 0 bridgehead atoms. The molecule has 1 atom stereocenters. The molecule has 4 nitrogen and oxygen atoms in total. The van der Waals surface area contributed by atoms with Crippen molar-refractivity contribution in [3.05, 3.63) is 20.8 Å². The van der Waals surface area contributed by atoms with Gasteiger partial charge in [-0.1, -0.05) is 0 Å². The van der Waals surface area contributed by atoms with Crippen molar-refractivity contribution in [2.45, 2.75) is 31.7 Å². The summed E-state index contributed by atoms with van der Waals surface area (Å²) < 4.78 is 1.06. The summed E-state index contributed by atoms with van der Waals surface area (Å²) in [6, 6.07) is 2.98. The van der Waals surface area contributed by atoms with Gasteiger partial charge in [-0.05, 0) is 40.9 Å². The second-order valence-corrected chi connectivity index (χ2v) is 6.47. The van der Waals surface area contributed by atoms with Gasteiger partial charge in [0.25, 0.3) is 0 Å². The molecule has 1 aromatic heterocycles. The van der Waals surface area contributed by atoms with E-state index in [0.29, 0.717) is 12.8 Å². The molecule has 0 aliphatic heterocycles. The second-order valence-electron chi connectivity index (χ2n) is 3.93. The van der Waals surface area contributed by atoms with E-state index in [2.05, 4.69) is 27.2 Å². The number of carbonyl (C=O) groups excluding carboxylic acids is 1. The molecule has 6 heteroatoms. The van der Waals surface area contributed by atoms with E-state index in [-0.39, 0.29) is 12.3 Å². The van der Waals surface area contributed by atoms with Crippen LogP contribution in [0.25, 0.3) is 0 Å². The maximum atomic E-state index is 11.6. The van der Waals surface area contributed by atoms with Gasteiger partial charge in [0.15, 0.2) is 0 Å². The van der Waals surface area contributed by atoms with Gasteiger partial charge in [-0.15, -0.1) is 23.7 Å². The largest absolute Gasteiger partial charge is 0.480 e. The van der Waals surface area contributed by atoms with E-state index >= 15 is 0 Å². The van der Waals surface area contributed by atoms with Crippen LogP contribution in [-0.4, -0.2) is 23.0 Å². The van der Waals surface area contributed by atoms with Crippen molar-refractivity contribution in [3.8, 4) is 12.3 Å². The molecule has 1 rings (SSSR count). The van der Waals surface area contributed by atoms with Crippen LogP contribution in [0.2, 0.25) is 0 Å². The fraction of sp³-hybridized carbons (Fsp3) is 0.385. The van der Waals surface area contributed by atoms with E-state index < -0.39 is 12.0 Å². The highest BCUT2D eigenvalue weighted by Crippen LogP contribution is 2.23. The van der Waals surface area contributed by atoms with Crippen molar-refractivity contribution < 1.29 is 14.7 Å². The Morgan fingerprint density at radius 3 is 2.79 bits per heavy atom. The highest BCUT2D eigenvalue weighted by molar-refractivity contribution is 9.11. The van der Waals surface area contributed by atoms with Crippen LogP contribution >= 0.6 is 27.3 Å². The topological polar surface area (TPSA) is 66.4 Å². The highest BCUT2D eigenvalue weighted by atomic mass is 79.9. The van der Waals surface area contributed by atoms with Crippen LogP contribution < -0.4 is 5.32 Å². The maximum Gasteiger partial charge on any atom is 0.327 e. The summed E-state index contributed by atoms with van der Waals surface area (Å²) >= 11 is 5.00. The number of nitrogens with one attached hydrogen (secondary N) is 1. The van der Waals surface area contributed by atoms with E-state index in [1.165, 1.54) is 4.88 Å². The molecule has 0 aliphatic carbocycles. The first-order chi connectivity index (χ1) is 9.02. The van der Waals surface area contributed by atoms with Gasteiger partial charge >= 0.3 is 5.97 Å². The van der Waals surface area contributed by atoms with E-state index in [1.807, 2.05) is 12.1 Å². The van der Waals surface area contributed by atoms with Gasteiger partial charge in [0.05, 0.1) is 3.79 Å². The van der Waals surface area contributed by atoms with Gasteiger partial charge < -0.3 is 10.4 Å². The van der Waals surface area contributed by atoms with Gasteiger partial charge in [0.1, 0.15) is 6.04 Å². The van der Waals surface area contributed by atoms with Crippen molar-refractivity contribution in [1.29, 1.82) is 0 Å². The molecule has 0 fully saturated rings. The first-order valence-electron chi connectivity index (χ1n) is 5.72. The molecule has 2 N–H and O–H groups in total. The van der Waals surface area contributed by atoms with E-state index in [1.54, 1.807) is 11.3 Å². The molecule has 19 heavy (non-hydrogen) atoms. The van der Waals surface area contributed by atoms with Crippen LogP contribution in [0.3, 0.4) is 0 Å². The third-order valence-corrected chi connectivity index (χ3v) is 4.09. The zero-order chi connectivity index (χ0) is 14.3. The number of terminal acetylenes is 1. The number of rotatable bonds is 7. The van der Waals surface area contributed by atoms with Crippen LogP contribution in [0.15, 0.2) is 15.9 Å². The SMILES string of the molecule is C#CCC(NC(=O)CCCc1ccc(Br)s1)C(=O)O. The summed E-state index contributed by atoms with van der Waals surface area (Å²) in [7, 11) is 0. The summed E-state index contributed by atoms with van der Waals surface area (Å²) in [4.78, 5) is 23.6. The minimum atomic E-state index is -1.10. The Balaban J connectivity index is 2.31. The normalized spacial score (nSPS) is 11.6. The van der Waals surface area contributed by atoms with Crippen molar-refractivity contribution in [3.63, 3.8) is 0 Å². The molecule has 0 aromatic carbocycles. The Morgan fingerprint density at radius 1 is 1.53 bits per heavy atom. The fourth-order valence-corrected chi connectivity index (χ4v) is 3.02. The first-order valence-corrected chi connectivity index (χ1v) is 7.33. The third-order valence-electron chi connectivity index (χ3n) is 2.41. The quantitative estimate of drug-likeness (QED) is 0.747. The zero-order valence-corrected chi connectivity index (χ0v) is 12.6. The van der Waals surface area contributed by atoms with E-state index in [4.69, 9.17) is 11.5 Å². The van der Waals surface area contributed by atoms with Crippen molar-refractivity contribution >= 4 is 39.1 Å². The molecule has 0 saturated heterocycles. The monoisotopic (exact) mass is 343 g/mol. The average Bonchev–Trinajstić information content (AvgIpc) is 2.74. The molecule has 0 saturated carbocycles. The molecular weight excluding hydrogens is 330 g/mol. The smallest absolute Gasteiger partial charge is 0.327 e. The molecule has 0 spiro atoms. The van der Waals surface area contributed by atoms with Crippen LogP contribution in [0.5, 0.6) is 0 Å². The summed E-state index contributed by atoms with van der Waals surface area (Å²) in [5.74, 6) is 0.857. The maximum absolute atomic E-state index is 11.6. The van der Waals surface area contributed by atoms with Crippen molar-refractivity contribution in [1.82, 2.24) is 5.32 Å². The second kappa shape index (κ2) is 7.97. The number of aliphatic carboxylic acids is 1. The third kappa shape index (κ3) is 5.90. The molecule has 1 aromatic rings. The number of hydrogen-bond donors (Lipinski definition) is 2. The molecule has 1 amide bonds. The lowest BCUT2D eigenvalue weighted by atomic mass is 10.1. The number of carbonyl (C=O) groups is 2. The van der Waals surface area contributed by atoms with Crippen LogP contribution in [0.1, 0.15) is 24.1 Å². The number of carboxylic acid groups (broad SMARTS) is 1. The van der Waals surface area contributed by atoms with Crippen molar-refractivity contribution in [2.24, 2.45) is 0 Å². The van der Waals surface area contributed by atoms with Gasteiger partial charge in [-0.2, -0.15) is 0 Å². The van der Waals surface area contributed by atoms with Crippen LogP contribution in [0, 0.1) is 12.3 Å². The zero-order valence-electron chi connectivity index (χ0n) is 10.2. The Morgan fingerprint density at radius 2 is 2.26 bits per heavy atom. The molecule has 0 aliphatic rings. The molecule has 1 unspecified atom stereocenters. The number of hydrogen-bond acceptors (Lipinski definition) is 3. The lowest BCUT2D eigenvalue weighted by Gasteiger charge is -2.11. The van der Waals surface area contributed by atoms with E-state index in [0.717, 1.165) is 10.2 Å². The molecular formula is C13H14BrNO3S. The minimum Gasteiger partial charge on any atom is -0.480 e. The van der Waals surface area contributed by atoms with E-state index in [9.17, 15) is 9.59 Å². The summed E-state index contributed by atoms with van der Waals surface area (Å²) in [5.41, 5.74) is 0. The van der Waals surface area contributed by atoms with Gasteiger partial charge in [0, 0.05) is 17.7 Å². The molecule has 102 valence electrons. The Hall–Kier alpha value is -1.32. The highest BCUT2D eigenvalue weighted by Gasteiger charge is 2.18. The predicted octanol–water partition coefficient (Wildman–Crippen LogP) is 2.43. The lowest BCUT2D eigenvalue weighted by molar-refractivity contribution is -0.141. The number of carboxylic acids is 1. The fourth-order valence-electron chi connectivity index (χ4n) is 1.49. The summed E-state index contributed by atoms with van der Waals surface area (Å²) in [6.45, 7) is 0. The number of halogens is 1. The number of aryl methyl sites for hydroxylation is 1. The van der Waals surface area contributed by atoms with Crippen molar-refractivity contribution in [2.75, 3.05) is 0 Å². The van der Waals surface area contributed by atoms with Crippen LogP contribution in [-0.2, 0) is 16.0 Å². The minimum absolute atomic E-state index is 0.00105. The van der Waals surface area contributed by atoms with Crippen LogP contribution in [0.4, 0.5) is 0 Å². The predicted molar refractivity (Wildman–Crippen MR) is 78.0 cm³/mol. The molecule has 1 heterocycles. The van der Waals surface area contributed by atoms with Gasteiger partial charge in [-0.25, -0.2) is 4.79 Å². The summed E-state index contributed by atoms with van der Waals surface area (Å²) in [6.07, 6.45) is 6.83. The summed E-state index contributed by atoms with van der Waals surface area (Å²) in [5, 5.41) is 11.3. The Bertz CT molecular complexity index is 492. The first kappa shape index (κ1) is 15.7. The van der Waals surface area contributed by atoms with Gasteiger partial charge in [-0.3, -0.25) is 4.79 Å². The lowest BCUT2D eigenvalue weighted by Crippen LogP contribution is -2.40. The Labute approximate surface area is 124 Å². The Kier molecular flexibility index (Phi) is 6.60. The van der Waals surface area contributed by atoms with Gasteiger partial charge in [0.2, 0.25) is 5.91 Å². The molecule has 0 radical (unpaired) electrons. The number of thiophene rings is 1.